The van der Waals surface area contributed by atoms with Crippen molar-refractivity contribution in [2.45, 2.75) is 56.0 Å². The first-order valence-corrected chi connectivity index (χ1v) is 8.12. The Labute approximate surface area is 123 Å². The van der Waals surface area contributed by atoms with Gasteiger partial charge < -0.3 is 9.64 Å². The van der Waals surface area contributed by atoms with Crippen LogP contribution < -0.4 is 0 Å². The second kappa shape index (κ2) is 6.26. The first-order valence-electron chi connectivity index (χ1n) is 6.87. The molecule has 1 saturated heterocycles. The molecule has 1 fully saturated rings. The minimum absolute atomic E-state index is 0.0196. The molecule has 4 heteroatoms. The summed E-state index contributed by atoms with van der Waals surface area (Å²) in [5.41, 5.74) is 3.07. The van der Waals surface area contributed by atoms with Crippen molar-refractivity contribution in [3.63, 3.8) is 0 Å². The number of carbonyl (C=O) groups excluding carboxylic acids is 1. The van der Waals surface area contributed by atoms with Gasteiger partial charge in [0.25, 0.3) is 0 Å². The lowest BCUT2D eigenvalue weighted by molar-refractivity contribution is -0.144. The maximum atomic E-state index is 11.1. The number of hydrogen-bond donors (Lipinski definition) is 0. The average Bonchev–Trinajstić information content (AvgIpc) is 2.97. The number of carbonyl (C=O) groups is 1. The molecule has 1 aliphatic heterocycles. The Balaban J connectivity index is 2.08. The van der Waals surface area contributed by atoms with Gasteiger partial charge in [-0.25, -0.2) is 0 Å². The zero-order chi connectivity index (χ0) is 13.1. The summed E-state index contributed by atoms with van der Waals surface area (Å²) in [6, 6.07) is 0. The lowest BCUT2D eigenvalue weighted by Gasteiger charge is -2.25. The summed E-state index contributed by atoms with van der Waals surface area (Å²) < 4.78 is 5.66. The number of rotatable bonds is 4. The molecule has 102 valence electrons. The number of esters is 1. The smallest absolute Gasteiger partial charge is 0.302 e. The number of likely N-dealkylation sites (tertiary alicyclic amines) is 1. The van der Waals surface area contributed by atoms with Crippen LogP contribution in [0.2, 0.25) is 0 Å². The average molecular weight is 363 g/mol. The molecule has 2 rings (SSSR count). The highest BCUT2D eigenvalue weighted by molar-refractivity contribution is 14.1. The van der Waals surface area contributed by atoms with E-state index in [1.54, 1.807) is 5.70 Å². The molecular weight excluding hydrogens is 341 g/mol. The van der Waals surface area contributed by atoms with Crippen molar-refractivity contribution in [2.24, 2.45) is 0 Å². The van der Waals surface area contributed by atoms with Crippen LogP contribution in [0.25, 0.3) is 0 Å². The molecule has 1 heterocycles. The van der Waals surface area contributed by atoms with Crippen molar-refractivity contribution in [3.8, 4) is 0 Å². The second-order valence-corrected chi connectivity index (χ2v) is 6.58. The minimum Gasteiger partial charge on any atom is -0.461 e. The predicted octanol–water partition coefficient (Wildman–Crippen LogP) is 3.28. The van der Waals surface area contributed by atoms with Gasteiger partial charge >= 0.3 is 5.97 Å². The van der Waals surface area contributed by atoms with Crippen LogP contribution in [0.15, 0.2) is 11.3 Å². The quantitative estimate of drug-likeness (QED) is 0.436. The van der Waals surface area contributed by atoms with Gasteiger partial charge in [-0.05, 0) is 44.6 Å². The van der Waals surface area contributed by atoms with E-state index >= 15 is 0 Å². The minimum atomic E-state index is -0.175. The van der Waals surface area contributed by atoms with Crippen molar-refractivity contribution in [2.75, 3.05) is 13.1 Å². The number of ether oxygens (including phenoxy) is 1. The molecule has 0 aromatic carbocycles. The maximum absolute atomic E-state index is 11.1. The molecule has 1 aliphatic carbocycles. The van der Waals surface area contributed by atoms with Crippen molar-refractivity contribution < 1.29 is 9.53 Å². The molecule has 0 N–H and O–H groups in total. The van der Waals surface area contributed by atoms with Crippen LogP contribution in [0.4, 0.5) is 0 Å². The largest absolute Gasteiger partial charge is 0.461 e. The molecule has 0 spiro atoms. The van der Waals surface area contributed by atoms with Crippen LogP contribution >= 0.6 is 22.6 Å². The molecule has 18 heavy (non-hydrogen) atoms. The van der Waals surface area contributed by atoms with Gasteiger partial charge in [0.05, 0.1) is 3.92 Å². The van der Waals surface area contributed by atoms with Gasteiger partial charge in [-0.1, -0.05) is 22.6 Å². The van der Waals surface area contributed by atoms with Crippen LogP contribution in [-0.2, 0) is 9.53 Å². The van der Waals surface area contributed by atoms with Gasteiger partial charge in [-0.3, -0.25) is 4.79 Å². The van der Waals surface area contributed by atoms with Gasteiger partial charge in [-0.15, -0.1) is 0 Å². The van der Waals surface area contributed by atoms with Crippen molar-refractivity contribution in [1.29, 1.82) is 0 Å². The Morgan fingerprint density at radius 3 is 2.56 bits per heavy atom. The Bertz CT molecular complexity index is 348. The topological polar surface area (TPSA) is 29.5 Å². The molecule has 3 nitrogen and oxygen atoms in total. The molecule has 0 aromatic heterocycles. The highest BCUT2D eigenvalue weighted by Gasteiger charge is 2.29. The molecule has 0 bridgehead atoms. The molecule has 0 aromatic rings. The third kappa shape index (κ3) is 3.19. The monoisotopic (exact) mass is 363 g/mol. The Morgan fingerprint density at radius 1 is 1.28 bits per heavy atom. The van der Waals surface area contributed by atoms with E-state index in [2.05, 4.69) is 27.5 Å². The summed E-state index contributed by atoms with van der Waals surface area (Å²) in [5.74, 6) is -0.175. The number of halogens is 1. The first-order chi connectivity index (χ1) is 8.59. The van der Waals surface area contributed by atoms with Crippen molar-refractivity contribution in [1.82, 2.24) is 4.90 Å². The normalized spacial score (nSPS) is 23.4. The molecule has 2 unspecified atom stereocenters. The number of hydrogen-bond acceptors (Lipinski definition) is 3. The fourth-order valence-electron chi connectivity index (χ4n) is 3.00. The summed E-state index contributed by atoms with van der Waals surface area (Å²) in [5, 5.41) is 0. The third-order valence-corrected chi connectivity index (χ3v) is 5.58. The van der Waals surface area contributed by atoms with Crippen molar-refractivity contribution >= 4 is 28.6 Å². The zero-order valence-corrected chi connectivity index (χ0v) is 13.4. The van der Waals surface area contributed by atoms with E-state index < -0.39 is 0 Å². The summed E-state index contributed by atoms with van der Waals surface area (Å²) in [4.78, 5) is 13.6. The fourth-order valence-corrected chi connectivity index (χ4v) is 3.82. The number of nitrogens with zero attached hydrogens (tertiary/aromatic N) is 1. The molecule has 0 saturated carbocycles. The van der Waals surface area contributed by atoms with Gasteiger partial charge in [0.2, 0.25) is 0 Å². The SMILES string of the molecule is CC(=O)OC(C)C(I)C1=C(N2CCCC2)CCC1. The van der Waals surface area contributed by atoms with E-state index in [1.165, 1.54) is 57.7 Å². The van der Waals surface area contributed by atoms with Crippen LogP contribution in [-0.4, -0.2) is 34.0 Å². The van der Waals surface area contributed by atoms with Gasteiger partial charge in [-0.2, -0.15) is 0 Å². The predicted molar refractivity (Wildman–Crippen MR) is 80.7 cm³/mol. The summed E-state index contributed by atoms with van der Waals surface area (Å²) in [6.45, 7) is 5.92. The highest BCUT2D eigenvalue weighted by Crippen LogP contribution is 2.37. The lowest BCUT2D eigenvalue weighted by Crippen LogP contribution is -2.27. The number of alkyl halides is 1. The maximum Gasteiger partial charge on any atom is 0.302 e. The van der Waals surface area contributed by atoms with E-state index in [9.17, 15) is 4.79 Å². The van der Waals surface area contributed by atoms with Crippen LogP contribution in [0.3, 0.4) is 0 Å². The standard InChI is InChI=1S/C14H22INO2/c1-10(18-11(2)17)14(15)12-6-5-7-13(12)16-8-3-4-9-16/h10,14H,3-9H2,1-2H3. The highest BCUT2D eigenvalue weighted by atomic mass is 127. The van der Waals surface area contributed by atoms with Gasteiger partial charge in [0.15, 0.2) is 0 Å². The third-order valence-electron chi connectivity index (χ3n) is 3.82. The van der Waals surface area contributed by atoms with Gasteiger partial charge in [0.1, 0.15) is 6.10 Å². The van der Waals surface area contributed by atoms with Crippen LogP contribution in [0.5, 0.6) is 0 Å². The number of allylic oxidation sites excluding steroid dienone is 1. The van der Waals surface area contributed by atoms with E-state index in [-0.39, 0.29) is 12.1 Å². The Hall–Kier alpha value is -0.260. The zero-order valence-electron chi connectivity index (χ0n) is 11.2. The van der Waals surface area contributed by atoms with E-state index in [0.29, 0.717) is 3.92 Å². The van der Waals surface area contributed by atoms with E-state index in [4.69, 9.17) is 4.74 Å². The summed E-state index contributed by atoms with van der Waals surface area (Å²) in [6.07, 6.45) is 6.26. The Morgan fingerprint density at radius 2 is 1.94 bits per heavy atom. The lowest BCUT2D eigenvalue weighted by atomic mass is 10.1. The van der Waals surface area contributed by atoms with Crippen LogP contribution in [0.1, 0.15) is 46.0 Å². The Kier molecular flexibility index (Phi) is 4.92. The molecule has 0 radical (unpaired) electrons. The molecule has 0 amide bonds. The first kappa shape index (κ1) is 14.2. The second-order valence-electron chi connectivity index (χ2n) is 5.24. The van der Waals surface area contributed by atoms with E-state index in [0.717, 1.165) is 0 Å². The molecular formula is C14H22INO2. The molecule has 2 aliphatic rings. The summed E-state index contributed by atoms with van der Waals surface area (Å²) >= 11 is 2.44. The van der Waals surface area contributed by atoms with Gasteiger partial charge in [0, 0.05) is 25.7 Å². The molecule has 2 atom stereocenters. The summed E-state index contributed by atoms with van der Waals surface area (Å²) in [7, 11) is 0. The van der Waals surface area contributed by atoms with Crippen molar-refractivity contribution in [3.05, 3.63) is 11.3 Å². The fraction of sp³-hybridized carbons (Fsp3) is 0.786. The van der Waals surface area contributed by atoms with E-state index in [1.807, 2.05) is 6.92 Å². The van der Waals surface area contributed by atoms with Crippen LogP contribution in [0, 0.1) is 0 Å².